The quantitative estimate of drug-likeness (QED) is 0.512. The van der Waals surface area contributed by atoms with Crippen LogP contribution in [0.4, 0.5) is 10.1 Å². The Hall–Kier alpha value is -1.59. The Labute approximate surface area is 160 Å². The molecule has 1 heterocycles. The van der Waals surface area contributed by atoms with Crippen molar-refractivity contribution >= 4 is 17.6 Å². The highest BCUT2D eigenvalue weighted by Crippen LogP contribution is 2.43. The third-order valence-corrected chi connectivity index (χ3v) is 5.88. The monoisotopic (exact) mass is 373 g/mol. The molecular weight excluding hydrogens is 345 g/mol. The van der Waals surface area contributed by atoms with Gasteiger partial charge in [-0.05, 0) is 74.9 Å². The first kappa shape index (κ1) is 19.2. The normalized spacial score (nSPS) is 17.1. The van der Waals surface area contributed by atoms with Gasteiger partial charge in [0.05, 0.1) is 11.2 Å². The lowest BCUT2D eigenvalue weighted by atomic mass is 9.79. The molecule has 0 spiro atoms. The van der Waals surface area contributed by atoms with Gasteiger partial charge in [-0.25, -0.2) is 9.11 Å². The van der Waals surface area contributed by atoms with Crippen LogP contribution in [0, 0.1) is 11.7 Å². The number of nitrogens with two attached hydrogens (primary N) is 1. The second-order valence-corrected chi connectivity index (χ2v) is 9.81. The summed E-state index contributed by atoms with van der Waals surface area (Å²) in [4.78, 5) is 4.18. The van der Waals surface area contributed by atoms with Crippen LogP contribution in [-0.4, -0.2) is 9.73 Å². The minimum absolute atomic E-state index is 0.0451. The van der Waals surface area contributed by atoms with Crippen LogP contribution in [0.5, 0.6) is 0 Å². The third kappa shape index (κ3) is 4.57. The van der Waals surface area contributed by atoms with Gasteiger partial charge in [-0.1, -0.05) is 30.9 Å². The molecule has 1 atom stereocenters. The maximum atomic E-state index is 13.8. The smallest absolute Gasteiger partial charge is 0.146 e. The Morgan fingerprint density at radius 2 is 1.85 bits per heavy atom. The molecule has 3 N–H and O–H groups in total. The van der Waals surface area contributed by atoms with Gasteiger partial charge in [-0.3, -0.25) is 4.98 Å². The Morgan fingerprint density at radius 1 is 1.15 bits per heavy atom. The predicted molar refractivity (Wildman–Crippen MR) is 108 cm³/mol. The lowest BCUT2D eigenvalue weighted by Crippen LogP contribution is -2.42. The van der Waals surface area contributed by atoms with Crippen LogP contribution >= 0.6 is 11.9 Å². The van der Waals surface area contributed by atoms with Crippen LogP contribution in [0.15, 0.2) is 42.7 Å². The second kappa shape index (κ2) is 7.57. The van der Waals surface area contributed by atoms with Crippen molar-refractivity contribution in [3.63, 3.8) is 0 Å². The average molecular weight is 374 g/mol. The summed E-state index contributed by atoms with van der Waals surface area (Å²) in [5.74, 6) is 0.429. The Balaban J connectivity index is 2.06. The van der Waals surface area contributed by atoms with E-state index in [1.165, 1.54) is 18.9 Å². The number of aromatic nitrogens is 1. The summed E-state index contributed by atoms with van der Waals surface area (Å²) in [6.45, 7) is 6.55. The van der Waals surface area contributed by atoms with Crippen LogP contribution in [0.2, 0.25) is 0 Å². The van der Waals surface area contributed by atoms with Gasteiger partial charge in [0.15, 0.2) is 0 Å². The van der Waals surface area contributed by atoms with Crippen molar-refractivity contribution in [2.75, 3.05) is 5.73 Å². The lowest BCUT2D eigenvalue weighted by molar-refractivity contribution is 0.423. The van der Waals surface area contributed by atoms with E-state index in [2.05, 4.69) is 30.5 Å². The highest BCUT2D eigenvalue weighted by atomic mass is 32.2. The minimum Gasteiger partial charge on any atom is -0.396 e. The van der Waals surface area contributed by atoms with E-state index in [-0.39, 0.29) is 16.3 Å². The minimum atomic E-state index is -0.425. The molecule has 1 fully saturated rings. The summed E-state index contributed by atoms with van der Waals surface area (Å²) >= 11 is 1.71. The number of nitrogens with one attached hydrogen (secondary N) is 1. The Kier molecular flexibility index (Phi) is 5.58. The fourth-order valence-corrected chi connectivity index (χ4v) is 3.96. The van der Waals surface area contributed by atoms with Crippen LogP contribution in [0.3, 0.4) is 0 Å². The zero-order valence-corrected chi connectivity index (χ0v) is 16.6. The molecule has 1 unspecified atom stereocenters. The van der Waals surface area contributed by atoms with E-state index in [9.17, 15) is 4.39 Å². The highest BCUT2D eigenvalue weighted by Gasteiger charge is 2.37. The summed E-state index contributed by atoms with van der Waals surface area (Å²) in [5.41, 5.74) is 7.82. The fraction of sp³-hybridized carbons (Fsp3) is 0.476. The van der Waals surface area contributed by atoms with Gasteiger partial charge in [-0.15, -0.1) is 0 Å². The molecule has 0 bridgehead atoms. The fourth-order valence-electron chi connectivity index (χ4n) is 3.14. The Bertz CT molecular complexity index is 741. The molecule has 140 valence electrons. The van der Waals surface area contributed by atoms with E-state index >= 15 is 0 Å². The van der Waals surface area contributed by atoms with Gasteiger partial charge in [0.1, 0.15) is 5.82 Å². The first-order chi connectivity index (χ1) is 12.3. The molecule has 0 aliphatic heterocycles. The van der Waals surface area contributed by atoms with Gasteiger partial charge in [0.25, 0.3) is 0 Å². The molecule has 5 heteroatoms. The van der Waals surface area contributed by atoms with E-state index in [1.54, 1.807) is 18.0 Å². The molecule has 3 rings (SSSR count). The third-order valence-electron chi connectivity index (χ3n) is 4.82. The molecule has 26 heavy (non-hydrogen) atoms. The van der Waals surface area contributed by atoms with E-state index in [1.807, 2.05) is 30.6 Å². The summed E-state index contributed by atoms with van der Waals surface area (Å²) in [6, 6.07) is 9.20. The average Bonchev–Trinajstić information content (AvgIpc) is 3.42. The molecule has 1 aromatic heterocycles. The molecular formula is C21H28FN3S. The van der Waals surface area contributed by atoms with Crippen LogP contribution in [0.1, 0.15) is 57.6 Å². The van der Waals surface area contributed by atoms with E-state index in [4.69, 9.17) is 5.73 Å². The standard InChI is InChI=1S/C21H28FN3S/c1-20(2,3)26-25-21(11-8-15-4-5-15,16-9-12-24-13-10-16)17-6-7-18(22)19(23)14-17/h6-7,9-10,12-15,25H,4-5,8,11,23H2,1-3H3. The number of hydrogen-bond donors (Lipinski definition) is 2. The predicted octanol–water partition coefficient (Wildman–Crippen LogP) is 5.27. The van der Waals surface area contributed by atoms with Crippen LogP contribution in [-0.2, 0) is 5.54 Å². The van der Waals surface area contributed by atoms with E-state index < -0.39 is 5.54 Å². The largest absolute Gasteiger partial charge is 0.396 e. The number of pyridine rings is 1. The number of nitrogen functional groups attached to an aromatic ring is 1. The lowest BCUT2D eigenvalue weighted by Gasteiger charge is -2.38. The van der Waals surface area contributed by atoms with Crippen molar-refractivity contribution < 1.29 is 4.39 Å². The number of benzene rings is 1. The van der Waals surface area contributed by atoms with E-state index in [0.29, 0.717) is 0 Å². The number of anilines is 1. The topological polar surface area (TPSA) is 50.9 Å². The molecule has 2 aromatic rings. The molecule has 1 saturated carbocycles. The maximum Gasteiger partial charge on any atom is 0.146 e. The summed E-state index contributed by atoms with van der Waals surface area (Å²) < 4.78 is 17.6. The van der Waals surface area contributed by atoms with Crippen molar-refractivity contribution in [2.45, 2.75) is 56.7 Å². The molecule has 1 aromatic carbocycles. The van der Waals surface area contributed by atoms with Crippen LogP contribution < -0.4 is 10.5 Å². The van der Waals surface area contributed by atoms with Crippen molar-refractivity contribution in [3.05, 3.63) is 59.7 Å². The summed E-state index contributed by atoms with van der Waals surface area (Å²) in [7, 11) is 0. The molecule has 1 aliphatic carbocycles. The zero-order chi connectivity index (χ0) is 18.8. The Morgan fingerprint density at radius 3 is 2.42 bits per heavy atom. The van der Waals surface area contributed by atoms with Crippen molar-refractivity contribution in [1.82, 2.24) is 9.71 Å². The van der Waals surface area contributed by atoms with Crippen molar-refractivity contribution in [3.8, 4) is 0 Å². The van der Waals surface area contributed by atoms with Crippen LogP contribution in [0.25, 0.3) is 0 Å². The SMILES string of the molecule is CC(C)(C)SNC(CCC1CC1)(c1ccncc1)c1ccc(F)c(N)c1. The molecule has 0 saturated heterocycles. The zero-order valence-electron chi connectivity index (χ0n) is 15.8. The van der Waals surface area contributed by atoms with Crippen molar-refractivity contribution in [2.24, 2.45) is 5.92 Å². The van der Waals surface area contributed by atoms with Gasteiger partial charge in [-0.2, -0.15) is 0 Å². The van der Waals surface area contributed by atoms with Gasteiger partial charge < -0.3 is 5.73 Å². The number of nitrogens with zero attached hydrogens (tertiary/aromatic N) is 1. The van der Waals surface area contributed by atoms with Gasteiger partial charge in [0, 0.05) is 17.1 Å². The first-order valence-electron chi connectivity index (χ1n) is 9.21. The van der Waals surface area contributed by atoms with Gasteiger partial charge >= 0.3 is 0 Å². The highest BCUT2D eigenvalue weighted by molar-refractivity contribution is 7.98. The second-order valence-electron chi connectivity index (χ2n) is 8.18. The molecule has 0 radical (unpaired) electrons. The van der Waals surface area contributed by atoms with Gasteiger partial charge in [0.2, 0.25) is 0 Å². The molecule has 0 amide bonds. The molecule has 1 aliphatic rings. The summed E-state index contributed by atoms with van der Waals surface area (Å²) in [5, 5.41) is 0. The number of hydrogen-bond acceptors (Lipinski definition) is 4. The first-order valence-corrected chi connectivity index (χ1v) is 10.0. The van der Waals surface area contributed by atoms with Crippen molar-refractivity contribution in [1.29, 1.82) is 0 Å². The number of rotatable bonds is 7. The van der Waals surface area contributed by atoms with E-state index in [0.717, 1.165) is 29.9 Å². The maximum absolute atomic E-state index is 13.8. The summed E-state index contributed by atoms with van der Waals surface area (Å²) in [6.07, 6.45) is 8.33. The molecule has 3 nitrogen and oxygen atoms in total. The number of halogens is 1.